The number of carbonyl (C=O) groups excluding carboxylic acids is 2. The topological polar surface area (TPSA) is 95.1 Å². The summed E-state index contributed by atoms with van der Waals surface area (Å²) in [7, 11) is 1.49. The number of ether oxygens (including phenoxy) is 4. The zero-order valence-corrected chi connectivity index (χ0v) is 15.0. The van der Waals surface area contributed by atoms with Gasteiger partial charge >= 0.3 is 0 Å². The second-order valence-electron chi connectivity index (χ2n) is 5.57. The number of hydrogen-bond donors (Lipinski definition) is 2. The highest BCUT2D eigenvalue weighted by molar-refractivity contribution is 5.99. The van der Waals surface area contributed by atoms with E-state index in [1.54, 1.807) is 30.3 Å². The van der Waals surface area contributed by atoms with Crippen molar-refractivity contribution in [1.82, 2.24) is 10.9 Å². The Bertz CT molecular complexity index is 852. The van der Waals surface area contributed by atoms with E-state index < -0.39 is 11.8 Å². The van der Waals surface area contributed by atoms with E-state index in [0.29, 0.717) is 53.9 Å². The largest absolute Gasteiger partial charge is 0.493 e. The fourth-order valence-corrected chi connectivity index (χ4v) is 2.53. The van der Waals surface area contributed by atoms with Gasteiger partial charge < -0.3 is 18.9 Å². The molecule has 0 bridgehead atoms. The van der Waals surface area contributed by atoms with E-state index in [9.17, 15) is 9.59 Å². The van der Waals surface area contributed by atoms with Crippen LogP contribution in [0.5, 0.6) is 23.0 Å². The third-order valence-electron chi connectivity index (χ3n) is 3.82. The number of hydrazine groups is 1. The van der Waals surface area contributed by atoms with E-state index in [0.717, 1.165) is 0 Å². The van der Waals surface area contributed by atoms with Crippen molar-refractivity contribution in [2.45, 2.75) is 6.92 Å². The molecule has 0 aliphatic carbocycles. The Morgan fingerprint density at radius 1 is 0.926 bits per heavy atom. The molecule has 0 spiro atoms. The first-order valence-electron chi connectivity index (χ1n) is 8.43. The number of carbonyl (C=O) groups is 2. The average molecular weight is 372 g/mol. The molecule has 1 aliphatic rings. The number of methoxy groups -OCH3 is 1. The number of hydrogen-bond acceptors (Lipinski definition) is 6. The molecule has 0 atom stereocenters. The van der Waals surface area contributed by atoms with Crippen LogP contribution in [0.1, 0.15) is 27.6 Å². The van der Waals surface area contributed by atoms with Crippen LogP contribution in [0, 0.1) is 0 Å². The first-order chi connectivity index (χ1) is 13.1. The molecule has 3 rings (SSSR count). The Morgan fingerprint density at radius 2 is 1.56 bits per heavy atom. The Morgan fingerprint density at radius 3 is 2.22 bits per heavy atom. The SMILES string of the molecule is CCOc1ccc(C(=O)NNC(=O)c2ccc3c(c2)OCCO3)cc1OC. The minimum atomic E-state index is -0.484. The third kappa shape index (κ3) is 4.22. The van der Waals surface area contributed by atoms with Crippen LogP contribution < -0.4 is 29.8 Å². The molecule has 0 fully saturated rings. The monoisotopic (exact) mass is 372 g/mol. The van der Waals surface area contributed by atoms with E-state index in [2.05, 4.69) is 10.9 Å². The van der Waals surface area contributed by atoms with Gasteiger partial charge in [0.1, 0.15) is 13.2 Å². The highest BCUT2D eigenvalue weighted by atomic mass is 16.6. The van der Waals surface area contributed by atoms with Crippen LogP contribution >= 0.6 is 0 Å². The summed E-state index contributed by atoms with van der Waals surface area (Å²) in [5, 5.41) is 0. The van der Waals surface area contributed by atoms with E-state index in [1.165, 1.54) is 13.2 Å². The van der Waals surface area contributed by atoms with Crippen LogP contribution in [-0.2, 0) is 0 Å². The molecule has 1 aliphatic heterocycles. The summed E-state index contributed by atoms with van der Waals surface area (Å²) < 4.78 is 21.5. The molecule has 0 saturated carbocycles. The van der Waals surface area contributed by atoms with Gasteiger partial charge in [-0.2, -0.15) is 0 Å². The molecule has 2 N–H and O–H groups in total. The van der Waals surface area contributed by atoms with Crippen molar-refractivity contribution < 1.29 is 28.5 Å². The van der Waals surface area contributed by atoms with Gasteiger partial charge in [-0.05, 0) is 43.3 Å². The van der Waals surface area contributed by atoms with Gasteiger partial charge in [-0.3, -0.25) is 20.4 Å². The summed E-state index contributed by atoms with van der Waals surface area (Å²) in [6, 6.07) is 9.57. The number of fused-ring (bicyclic) bond motifs is 1. The normalized spacial score (nSPS) is 12.1. The van der Waals surface area contributed by atoms with Gasteiger partial charge in [0.25, 0.3) is 11.8 Å². The lowest BCUT2D eigenvalue weighted by Gasteiger charge is -2.18. The fourth-order valence-electron chi connectivity index (χ4n) is 2.53. The van der Waals surface area contributed by atoms with Crippen molar-refractivity contribution in [3.8, 4) is 23.0 Å². The Hall–Kier alpha value is -3.42. The molecule has 8 heteroatoms. The highest BCUT2D eigenvalue weighted by Gasteiger charge is 2.16. The molecule has 1 heterocycles. The first kappa shape index (κ1) is 18.4. The van der Waals surface area contributed by atoms with Gasteiger partial charge in [-0.1, -0.05) is 0 Å². The van der Waals surface area contributed by atoms with Gasteiger partial charge in [0.15, 0.2) is 23.0 Å². The maximum absolute atomic E-state index is 12.3. The van der Waals surface area contributed by atoms with Crippen LogP contribution in [0.4, 0.5) is 0 Å². The molecule has 142 valence electrons. The number of amides is 2. The lowest BCUT2D eigenvalue weighted by molar-refractivity contribution is 0.0846. The van der Waals surface area contributed by atoms with Crippen molar-refractivity contribution in [3.63, 3.8) is 0 Å². The van der Waals surface area contributed by atoms with Crippen molar-refractivity contribution >= 4 is 11.8 Å². The minimum absolute atomic E-state index is 0.317. The molecule has 0 unspecified atom stereocenters. The zero-order chi connectivity index (χ0) is 19.2. The molecule has 27 heavy (non-hydrogen) atoms. The van der Waals surface area contributed by atoms with E-state index in [4.69, 9.17) is 18.9 Å². The summed E-state index contributed by atoms with van der Waals surface area (Å²) in [6.45, 7) is 3.23. The molecular formula is C19H20N2O6. The van der Waals surface area contributed by atoms with Crippen LogP contribution in [0.25, 0.3) is 0 Å². The maximum Gasteiger partial charge on any atom is 0.269 e. The molecule has 2 aromatic rings. The van der Waals surface area contributed by atoms with Gasteiger partial charge in [0.05, 0.1) is 13.7 Å². The maximum atomic E-state index is 12.3. The molecule has 8 nitrogen and oxygen atoms in total. The number of nitrogens with one attached hydrogen (secondary N) is 2. The lowest BCUT2D eigenvalue weighted by atomic mass is 10.2. The summed E-state index contributed by atoms with van der Waals surface area (Å²) in [5.74, 6) is 1.10. The predicted octanol–water partition coefficient (Wildman–Crippen LogP) is 1.94. The summed E-state index contributed by atoms with van der Waals surface area (Å²) in [5.41, 5.74) is 5.40. The van der Waals surface area contributed by atoms with Gasteiger partial charge in [0.2, 0.25) is 0 Å². The first-order valence-corrected chi connectivity index (χ1v) is 8.43. The Labute approximate surface area is 156 Å². The minimum Gasteiger partial charge on any atom is -0.493 e. The molecule has 0 radical (unpaired) electrons. The standard InChI is InChI=1S/C19H20N2O6/c1-3-25-14-6-4-12(10-16(14)24-2)18(22)20-21-19(23)13-5-7-15-17(11-13)27-9-8-26-15/h4-7,10-11H,3,8-9H2,1-2H3,(H,20,22)(H,21,23). The number of rotatable bonds is 5. The fraction of sp³-hybridized carbons (Fsp3) is 0.263. The molecule has 2 amide bonds. The summed E-state index contributed by atoms with van der Waals surface area (Å²) in [6.07, 6.45) is 0. The Kier molecular flexibility index (Phi) is 5.65. The second kappa shape index (κ2) is 8.31. The lowest BCUT2D eigenvalue weighted by Crippen LogP contribution is -2.41. The van der Waals surface area contributed by atoms with Crippen molar-refractivity contribution in [1.29, 1.82) is 0 Å². The van der Waals surface area contributed by atoms with Gasteiger partial charge in [0, 0.05) is 11.1 Å². The van der Waals surface area contributed by atoms with E-state index >= 15 is 0 Å². The van der Waals surface area contributed by atoms with E-state index in [1.807, 2.05) is 6.92 Å². The quantitative estimate of drug-likeness (QED) is 0.779. The van der Waals surface area contributed by atoms with Crippen LogP contribution in [0.3, 0.4) is 0 Å². The average Bonchev–Trinajstić information content (AvgIpc) is 2.71. The summed E-state index contributed by atoms with van der Waals surface area (Å²) in [4.78, 5) is 24.5. The van der Waals surface area contributed by atoms with Crippen LogP contribution in [0.15, 0.2) is 36.4 Å². The van der Waals surface area contributed by atoms with Gasteiger partial charge in [-0.25, -0.2) is 0 Å². The number of benzene rings is 2. The van der Waals surface area contributed by atoms with Crippen LogP contribution in [0.2, 0.25) is 0 Å². The van der Waals surface area contributed by atoms with Crippen LogP contribution in [-0.4, -0.2) is 38.7 Å². The molecule has 2 aromatic carbocycles. The van der Waals surface area contributed by atoms with Gasteiger partial charge in [-0.15, -0.1) is 0 Å². The van der Waals surface area contributed by atoms with Crippen molar-refractivity contribution in [3.05, 3.63) is 47.5 Å². The predicted molar refractivity (Wildman–Crippen MR) is 96.5 cm³/mol. The summed E-state index contributed by atoms with van der Waals surface area (Å²) >= 11 is 0. The molecule has 0 aromatic heterocycles. The molecular weight excluding hydrogens is 352 g/mol. The van der Waals surface area contributed by atoms with Crippen molar-refractivity contribution in [2.24, 2.45) is 0 Å². The third-order valence-corrected chi connectivity index (χ3v) is 3.82. The van der Waals surface area contributed by atoms with Crippen molar-refractivity contribution in [2.75, 3.05) is 26.9 Å². The Balaban J connectivity index is 1.64. The molecule has 0 saturated heterocycles. The highest BCUT2D eigenvalue weighted by Crippen LogP contribution is 2.30. The van der Waals surface area contributed by atoms with E-state index in [-0.39, 0.29) is 0 Å². The zero-order valence-electron chi connectivity index (χ0n) is 15.0. The smallest absolute Gasteiger partial charge is 0.269 e. The second-order valence-corrected chi connectivity index (χ2v) is 5.57.